The van der Waals surface area contributed by atoms with E-state index in [1.807, 2.05) is 30.3 Å². The van der Waals surface area contributed by atoms with Crippen molar-refractivity contribution >= 4 is 19.4 Å². The first-order chi connectivity index (χ1) is 7.47. The lowest BCUT2D eigenvalue weighted by Gasteiger charge is -2.04. The van der Waals surface area contributed by atoms with Gasteiger partial charge < -0.3 is 9.63 Å². The molecule has 1 aromatic carbocycles. The van der Waals surface area contributed by atoms with Gasteiger partial charge in [-0.05, 0) is 11.6 Å². The van der Waals surface area contributed by atoms with Crippen molar-refractivity contribution in [1.29, 1.82) is 0 Å². The molecule has 5 heteroatoms. The monoisotopic (exact) mass is 240 g/mol. The Balaban J connectivity index is 2.46. The summed E-state index contributed by atoms with van der Waals surface area (Å²) in [6.45, 7) is 1.14. The van der Waals surface area contributed by atoms with Crippen LogP contribution in [0, 0.1) is 0 Å². The minimum atomic E-state index is -3.29. The van der Waals surface area contributed by atoms with Gasteiger partial charge in [0.2, 0.25) is 7.37 Å². The zero-order valence-electron chi connectivity index (χ0n) is 8.87. The second-order valence-electron chi connectivity index (χ2n) is 3.39. The third-order valence-corrected chi connectivity index (χ3v) is 2.27. The molecule has 0 fully saturated rings. The molecule has 0 spiro atoms. The van der Waals surface area contributed by atoms with Gasteiger partial charge in [-0.15, -0.1) is 0 Å². The first-order valence-electron chi connectivity index (χ1n) is 4.66. The fourth-order valence-electron chi connectivity index (χ4n) is 0.960. The number of carbonyl (C=O) groups excluding carboxylic acids is 1. The number of esters is 1. The molecule has 1 aromatic rings. The fraction of sp³-hybridized carbons (Fsp3) is 0.182. The van der Waals surface area contributed by atoms with E-state index in [9.17, 15) is 9.36 Å². The van der Waals surface area contributed by atoms with Crippen LogP contribution in [-0.2, 0) is 14.1 Å². The predicted molar refractivity (Wildman–Crippen MR) is 62.2 cm³/mol. The molecule has 1 N–H and O–H groups in total. The van der Waals surface area contributed by atoms with Crippen molar-refractivity contribution in [2.75, 3.05) is 13.0 Å². The molecule has 0 aliphatic heterocycles. The lowest BCUT2D eigenvalue weighted by atomic mass is 10.2. The largest absolute Gasteiger partial charge is 0.452 e. The number of rotatable bonds is 4. The molecule has 0 amide bonds. The summed E-state index contributed by atoms with van der Waals surface area (Å²) < 4.78 is 15.4. The number of ether oxygens (including phenoxy) is 1. The van der Waals surface area contributed by atoms with E-state index in [1.165, 1.54) is 6.08 Å². The quantitative estimate of drug-likeness (QED) is 0.497. The fourth-order valence-corrected chi connectivity index (χ4v) is 1.33. The van der Waals surface area contributed by atoms with Crippen molar-refractivity contribution in [3.63, 3.8) is 0 Å². The van der Waals surface area contributed by atoms with E-state index in [0.717, 1.165) is 12.2 Å². The average molecular weight is 240 g/mol. The smallest absolute Gasteiger partial charge is 0.331 e. The van der Waals surface area contributed by atoms with Crippen LogP contribution in [-0.4, -0.2) is 23.9 Å². The van der Waals surface area contributed by atoms with Crippen LogP contribution in [0.15, 0.2) is 36.4 Å². The number of carbonyl (C=O) groups is 1. The van der Waals surface area contributed by atoms with Gasteiger partial charge in [0.05, 0.1) is 0 Å². The molecular weight excluding hydrogens is 227 g/mol. The van der Waals surface area contributed by atoms with Crippen LogP contribution in [0.1, 0.15) is 5.56 Å². The van der Waals surface area contributed by atoms with Crippen LogP contribution in [0.5, 0.6) is 0 Å². The maximum Gasteiger partial charge on any atom is 0.331 e. The second-order valence-corrected chi connectivity index (χ2v) is 5.75. The highest BCUT2D eigenvalue weighted by molar-refractivity contribution is 7.56. The highest BCUT2D eigenvalue weighted by Crippen LogP contribution is 2.34. The van der Waals surface area contributed by atoms with Crippen molar-refractivity contribution in [3.8, 4) is 0 Å². The molecule has 1 unspecified atom stereocenters. The molecule has 0 saturated carbocycles. The second kappa shape index (κ2) is 5.64. The van der Waals surface area contributed by atoms with Gasteiger partial charge in [-0.3, -0.25) is 4.57 Å². The molecular formula is C11H13O4P. The van der Waals surface area contributed by atoms with E-state index in [-0.39, 0.29) is 0 Å². The molecule has 16 heavy (non-hydrogen) atoms. The summed E-state index contributed by atoms with van der Waals surface area (Å²) in [7, 11) is -3.29. The number of hydrogen-bond acceptors (Lipinski definition) is 3. The Bertz CT molecular complexity index is 419. The van der Waals surface area contributed by atoms with Crippen LogP contribution in [0.25, 0.3) is 6.08 Å². The summed E-state index contributed by atoms with van der Waals surface area (Å²) in [5.41, 5.74) is 0.864. The Labute approximate surface area is 94.0 Å². The Morgan fingerprint density at radius 2 is 2.06 bits per heavy atom. The molecule has 0 aliphatic rings. The predicted octanol–water partition coefficient (Wildman–Crippen LogP) is 2.10. The maximum atomic E-state index is 11.1. The lowest BCUT2D eigenvalue weighted by Crippen LogP contribution is -2.02. The van der Waals surface area contributed by atoms with Gasteiger partial charge in [0.1, 0.15) is 0 Å². The zero-order valence-corrected chi connectivity index (χ0v) is 9.76. The van der Waals surface area contributed by atoms with Gasteiger partial charge in [0.15, 0.2) is 6.35 Å². The zero-order chi connectivity index (χ0) is 12.0. The van der Waals surface area contributed by atoms with Crippen molar-refractivity contribution < 1.29 is 19.0 Å². The molecule has 0 aliphatic carbocycles. The number of benzene rings is 1. The van der Waals surface area contributed by atoms with Crippen molar-refractivity contribution in [1.82, 2.24) is 0 Å². The van der Waals surface area contributed by atoms with Gasteiger partial charge in [-0.2, -0.15) is 0 Å². The van der Waals surface area contributed by atoms with Crippen LogP contribution >= 0.6 is 7.37 Å². The molecule has 86 valence electrons. The van der Waals surface area contributed by atoms with E-state index in [0.29, 0.717) is 0 Å². The summed E-state index contributed by atoms with van der Waals surface area (Å²) in [5.74, 6) is -0.625. The molecule has 4 nitrogen and oxygen atoms in total. The molecule has 1 atom stereocenters. The number of hydrogen-bond donors (Lipinski definition) is 1. The maximum absolute atomic E-state index is 11.1. The Kier molecular flexibility index (Phi) is 4.47. The van der Waals surface area contributed by atoms with E-state index < -0.39 is 19.7 Å². The highest BCUT2D eigenvalue weighted by atomic mass is 31.2. The van der Waals surface area contributed by atoms with Gasteiger partial charge >= 0.3 is 5.97 Å². The summed E-state index contributed by atoms with van der Waals surface area (Å²) >= 11 is 0. The molecule has 0 saturated heterocycles. The Hall–Kier alpha value is -1.38. The third-order valence-electron chi connectivity index (χ3n) is 1.66. The van der Waals surface area contributed by atoms with Crippen molar-refractivity contribution in [2.24, 2.45) is 0 Å². The molecule has 1 rings (SSSR count). The Morgan fingerprint density at radius 3 is 2.62 bits per heavy atom. The van der Waals surface area contributed by atoms with Crippen LogP contribution in [0.2, 0.25) is 0 Å². The SMILES string of the molecule is CP(=O)(O)COC(=O)/C=C/c1ccccc1. The van der Waals surface area contributed by atoms with Crippen molar-refractivity contribution in [3.05, 3.63) is 42.0 Å². The minimum Gasteiger partial charge on any atom is -0.452 e. The summed E-state index contributed by atoms with van der Waals surface area (Å²) in [6.07, 6.45) is 2.36. The van der Waals surface area contributed by atoms with Crippen molar-refractivity contribution in [2.45, 2.75) is 0 Å². The van der Waals surface area contributed by atoms with E-state index in [4.69, 9.17) is 4.89 Å². The summed E-state index contributed by atoms with van der Waals surface area (Å²) in [5, 5.41) is 0. The van der Waals surface area contributed by atoms with E-state index >= 15 is 0 Å². The van der Waals surface area contributed by atoms with Crippen LogP contribution in [0.3, 0.4) is 0 Å². The van der Waals surface area contributed by atoms with Crippen LogP contribution < -0.4 is 0 Å². The molecule has 0 heterocycles. The van der Waals surface area contributed by atoms with Gasteiger partial charge in [0, 0.05) is 12.7 Å². The standard InChI is InChI=1S/C11H13O4P/c1-16(13,14)9-15-11(12)8-7-10-5-3-2-4-6-10/h2-8H,9H2,1H3,(H,13,14)/b8-7+. The first-order valence-corrected chi connectivity index (χ1v) is 6.96. The molecule has 0 bridgehead atoms. The Morgan fingerprint density at radius 1 is 1.44 bits per heavy atom. The highest BCUT2D eigenvalue weighted by Gasteiger charge is 2.11. The summed E-state index contributed by atoms with van der Waals surface area (Å²) in [4.78, 5) is 20.0. The summed E-state index contributed by atoms with van der Waals surface area (Å²) in [6, 6.07) is 9.23. The van der Waals surface area contributed by atoms with Crippen LogP contribution in [0.4, 0.5) is 0 Å². The third kappa shape index (κ3) is 5.49. The average Bonchev–Trinajstić information content (AvgIpc) is 2.24. The molecule has 0 radical (unpaired) electrons. The van der Waals surface area contributed by atoms with Gasteiger partial charge in [-0.1, -0.05) is 30.3 Å². The van der Waals surface area contributed by atoms with Gasteiger partial charge in [0.25, 0.3) is 0 Å². The normalized spacial score (nSPS) is 14.6. The van der Waals surface area contributed by atoms with Gasteiger partial charge in [-0.25, -0.2) is 4.79 Å². The molecule has 0 aromatic heterocycles. The topological polar surface area (TPSA) is 63.6 Å². The first kappa shape index (κ1) is 12.7. The van der Waals surface area contributed by atoms with E-state index in [2.05, 4.69) is 4.74 Å². The lowest BCUT2D eigenvalue weighted by molar-refractivity contribution is -0.135. The van der Waals surface area contributed by atoms with E-state index in [1.54, 1.807) is 6.08 Å². The minimum absolute atomic E-state index is 0.453.